The van der Waals surface area contributed by atoms with Crippen molar-refractivity contribution in [2.45, 2.75) is 32.2 Å². The van der Waals surface area contributed by atoms with Crippen molar-refractivity contribution in [1.82, 2.24) is 0 Å². The van der Waals surface area contributed by atoms with Gasteiger partial charge in [-0.2, -0.15) is 0 Å². The van der Waals surface area contributed by atoms with E-state index in [1.54, 1.807) is 0 Å². The van der Waals surface area contributed by atoms with Crippen LogP contribution in [0.15, 0.2) is 30.3 Å². The second kappa shape index (κ2) is 4.79. The van der Waals surface area contributed by atoms with Crippen LogP contribution >= 0.6 is 0 Å². The van der Waals surface area contributed by atoms with Crippen molar-refractivity contribution in [3.05, 3.63) is 30.3 Å². The molecule has 0 amide bonds. The number of benzene rings is 1. The molecule has 14 heavy (non-hydrogen) atoms. The summed E-state index contributed by atoms with van der Waals surface area (Å²) in [6.45, 7) is 2.39. The molecule has 0 aromatic heterocycles. The van der Waals surface area contributed by atoms with Crippen LogP contribution in [0, 0.1) is 11.8 Å². The highest BCUT2D eigenvalue weighted by Crippen LogP contribution is 2.32. The van der Waals surface area contributed by atoms with Crippen LogP contribution in [0.3, 0.4) is 0 Å². The first-order valence-electron chi connectivity index (χ1n) is 5.63. The average molecular weight is 202 g/mol. The monoisotopic (exact) mass is 202 g/mol. The molecule has 1 heteroatoms. The number of rotatable bonds is 3. The van der Waals surface area contributed by atoms with Crippen molar-refractivity contribution >= 4 is 14.7 Å². The molecular formula is C13H18Si. The molecule has 2 unspecified atom stereocenters. The number of hydrogen-bond acceptors (Lipinski definition) is 0. The topological polar surface area (TPSA) is 0 Å². The van der Waals surface area contributed by atoms with Gasteiger partial charge in [0, 0.05) is 0 Å². The van der Waals surface area contributed by atoms with E-state index in [-0.39, 0.29) is 0 Å². The van der Waals surface area contributed by atoms with Crippen LogP contribution < -0.4 is 5.19 Å². The lowest BCUT2D eigenvalue weighted by atomic mass is 10.1. The zero-order valence-corrected chi connectivity index (χ0v) is 9.87. The molecule has 2 rings (SSSR count). The molecule has 0 saturated heterocycles. The van der Waals surface area contributed by atoms with E-state index in [1.807, 2.05) is 0 Å². The lowest BCUT2D eigenvalue weighted by Crippen LogP contribution is -2.15. The third-order valence-corrected chi connectivity index (χ3v) is 4.70. The Bertz CT molecular complexity index is 268. The predicted octanol–water partition coefficient (Wildman–Crippen LogP) is 2.87. The summed E-state index contributed by atoms with van der Waals surface area (Å²) in [5.41, 5.74) is 0. The van der Waals surface area contributed by atoms with Gasteiger partial charge in [-0.05, 0) is 18.3 Å². The molecule has 74 valence electrons. The Morgan fingerprint density at radius 3 is 2.64 bits per heavy atom. The van der Waals surface area contributed by atoms with Gasteiger partial charge in [-0.25, -0.2) is 0 Å². The summed E-state index contributed by atoms with van der Waals surface area (Å²) in [6, 6.07) is 12.4. The van der Waals surface area contributed by atoms with Crippen LogP contribution in [0.1, 0.15) is 26.2 Å². The Balaban J connectivity index is 1.78. The van der Waals surface area contributed by atoms with E-state index in [4.69, 9.17) is 0 Å². The molecule has 0 spiro atoms. The maximum Gasteiger partial charge on any atom is 0.0810 e. The van der Waals surface area contributed by atoms with E-state index in [2.05, 4.69) is 37.3 Å². The fourth-order valence-corrected chi connectivity index (χ4v) is 3.65. The minimum atomic E-state index is 0.987. The summed E-state index contributed by atoms with van der Waals surface area (Å²) >= 11 is 0. The normalized spacial score (nSPS) is 26.6. The molecule has 0 aliphatic heterocycles. The zero-order valence-electron chi connectivity index (χ0n) is 8.87. The van der Waals surface area contributed by atoms with Crippen LogP contribution in [-0.2, 0) is 0 Å². The number of hydrogen-bond donors (Lipinski definition) is 0. The average Bonchev–Trinajstić information content (AvgIpc) is 2.63. The fourth-order valence-electron chi connectivity index (χ4n) is 2.33. The summed E-state index contributed by atoms with van der Waals surface area (Å²) in [5.74, 6) is 2.00. The SMILES string of the molecule is CC1CCC(C[Si]c2ccccc2)C1. The Morgan fingerprint density at radius 1 is 1.21 bits per heavy atom. The van der Waals surface area contributed by atoms with Crippen LogP contribution in [0.4, 0.5) is 0 Å². The van der Waals surface area contributed by atoms with Crippen molar-refractivity contribution < 1.29 is 0 Å². The van der Waals surface area contributed by atoms with Gasteiger partial charge in [-0.1, -0.05) is 61.3 Å². The smallest absolute Gasteiger partial charge is 0.0642 e. The molecule has 0 nitrogen and oxygen atoms in total. The molecule has 1 aromatic rings. The molecule has 1 aliphatic rings. The Labute approximate surface area is 89.6 Å². The molecular weight excluding hydrogens is 184 g/mol. The fraction of sp³-hybridized carbons (Fsp3) is 0.538. The van der Waals surface area contributed by atoms with Crippen molar-refractivity contribution in [3.8, 4) is 0 Å². The van der Waals surface area contributed by atoms with E-state index >= 15 is 0 Å². The molecule has 2 radical (unpaired) electrons. The second-order valence-corrected chi connectivity index (χ2v) is 5.87. The van der Waals surface area contributed by atoms with Gasteiger partial charge in [0.1, 0.15) is 0 Å². The quantitative estimate of drug-likeness (QED) is 0.661. The molecule has 0 N–H and O–H groups in total. The van der Waals surface area contributed by atoms with Crippen LogP contribution in [0.5, 0.6) is 0 Å². The van der Waals surface area contributed by atoms with Crippen LogP contribution in [0.2, 0.25) is 6.04 Å². The minimum absolute atomic E-state index is 0.987. The highest BCUT2D eigenvalue weighted by molar-refractivity contribution is 6.53. The van der Waals surface area contributed by atoms with Gasteiger partial charge in [0.15, 0.2) is 0 Å². The minimum Gasteiger partial charge on any atom is -0.0642 e. The summed E-state index contributed by atoms with van der Waals surface area (Å²) in [6.07, 6.45) is 4.41. The first-order valence-corrected chi connectivity index (χ1v) is 6.84. The molecule has 1 aromatic carbocycles. The molecule has 0 heterocycles. The molecule has 1 aliphatic carbocycles. The van der Waals surface area contributed by atoms with Crippen LogP contribution in [0.25, 0.3) is 0 Å². The second-order valence-electron chi connectivity index (χ2n) is 4.53. The molecule has 1 saturated carbocycles. The van der Waals surface area contributed by atoms with Gasteiger partial charge in [0.05, 0.1) is 9.52 Å². The standard InChI is InChI=1S/C13H18Si/c1-11-7-8-12(9-11)10-14-13-5-3-2-4-6-13/h2-6,11-12H,7-10H2,1H3. The third-order valence-electron chi connectivity index (χ3n) is 3.17. The summed E-state index contributed by atoms with van der Waals surface area (Å²) in [5, 5.41) is 1.53. The summed E-state index contributed by atoms with van der Waals surface area (Å²) in [7, 11) is 1.03. The molecule has 0 bridgehead atoms. The third kappa shape index (κ3) is 2.71. The summed E-state index contributed by atoms with van der Waals surface area (Å²) in [4.78, 5) is 0. The largest absolute Gasteiger partial charge is 0.0810 e. The van der Waals surface area contributed by atoms with Gasteiger partial charge < -0.3 is 0 Å². The van der Waals surface area contributed by atoms with E-state index in [0.717, 1.165) is 21.4 Å². The van der Waals surface area contributed by atoms with E-state index in [9.17, 15) is 0 Å². The Kier molecular flexibility index (Phi) is 3.41. The summed E-state index contributed by atoms with van der Waals surface area (Å²) < 4.78 is 0. The molecule has 2 atom stereocenters. The Morgan fingerprint density at radius 2 is 2.00 bits per heavy atom. The maximum atomic E-state index is 2.39. The van der Waals surface area contributed by atoms with E-state index < -0.39 is 0 Å². The highest BCUT2D eigenvalue weighted by Gasteiger charge is 2.20. The van der Waals surface area contributed by atoms with Crippen molar-refractivity contribution in [2.24, 2.45) is 11.8 Å². The highest BCUT2D eigenvalue weighted by atomic mass is 28.2. The van der Waals surface area contributed by atoms with Crippen molar-refractivity contribution in [1.29, 1.82) is 0 Å². The predicted molar refractivity (Wildman–Crippen MR) is 63.1 cm³/mol. The zero-order chi connectivity index (χ0) is 9.80. The Hall–Kier alpha value is -0.563. The van der Waals surface area contributed by atoms with Gasteiger partial charge in [-0.3, -0.25) is 0 Å². The lowest BCUT2D eigenvalue weighted by Gasteiger charge is -2.07. The van der Waals surface area contributed by atoms with Crippen molar-refractivity contribution in [2.75, 3.05) is 0 Å². The van der Waals surface area contributed by atoms with E-state index in [1.165, 1.54) is 30.5 Å². The van der Waals surface area contributed by atoms with Crippen molar-refractivity contribution in [3.63, 3.8) is 0 Å². The first-order chi connectivity index (χ1) is 6.84. The maximum absolute atomic E-state index is 2.39. The van der Waals surface area contributed by atoms with Crippen LogP contribution in [-0.4, -0.2) is 9.52 Å². The van der Waals surface area contributed by atoms with Gasteiger partial charge in [0.25, 0.3) is 0 Å². The molecule has 1 fully saturated rings. The van der Waals surface area contributed by atoms with Gasteiger partial charge in [-0.15, -0.1) is 0 Å². The lowest BCUT2D eigenvalue weighted by molar-refractivity contribution is 0.554. The van der Waals surface area contributed by atoms with Gasteiger partial charge in [0.2, 0.25) is 0 Å². The van der Waals surface area contributed by atoms with E-state index in [0.29, 0.717) is 0 Å². The first kappa shape index (κ1) is 9.97. The van der Waals surface area contributed by atoms with Gasteiger partial charge >= 0.3 is 0 Å².